The van der Waals surface area contributed by atoms with E-state index in [4.69, 9.17) is 0 Å². The summed E-state index contributed by atoms with van der Waals surface area (Å²) in [5.41, 5.74) is 3.15. The fraction of sp³-hybridized carbons (Fsp3) is 0.353. The molecule has 0 atom stereocenters. The molecule has 0 radical (unpaired) electrons. The predicted molar refractivity (Wildman–Crippen MR) is 103 cm³/mol. The number of thioether (sulfide) groups is 1. The van der Waals surface area contributed by atoms with Crippen molar-refractivity contribution in [3.05, 3.63) is 42.0 Å². The highest BCUT2D eigenvalue weighted by Gasteiger charge is 2.13. The molecule has 0 spiro atoms. The number of nitrogens with one attached hydrogen (secondary N) is 2. The quantitative estimate of drug-likeness (QED) is 0.541. The van der Waals surface area contributed by atoms with Crippen molar-refractivity contribution >= 4 is 39.8 Å². The molecule has 1 aromatic heterocycles. The van der Waals surface area contributed by atoms with Gasteiger partial charge in [-0.2, -0.15) is 0 Å². The molecule has 0 unspecified atom stereocenters. The molecule has 1 amide bonds. The topological polar surface area (TPSA) is 66.9 Å². The van der Waals surface area contributed by atoms with Gasteiger partial charge >= 0.3 is 0 Å². The molecule has 0 saturated carbocycles. The summed E-state index contributed by atoms with van der Waals surface area (Å²) >= 11 is 2.82. The highest BCUT2D eigenvalue weighted by molar-refractivity contribution is 8.01. The second-order valence-corrected chi connectivity index (χ2v) is 7.77. The molecule has 2 N–H and O–H groups in total. The minimum Gasteiger partial charge on any atom is -0.357 e. The molecule has 0 saturated heterocycles. The maximum atomic E-state index is 12.3. The fourth-order valence-electron chi connectivity index (χ4n) is 2.14. The molecule has 0 bridgehead atoms. The number of carbonyl (C=O) groups excluding carboxylic acids is 1. The minimum absolute atomic E-state index is 0.0352. The van der Waals surface area contributed by atoms with Crippen molar-refractivity contribution in [2.75, 3.05) is 22.9 Å². The molecule has 1 heterocycles. The van der Waals surface area contributed by atoms with Crippen LogP contribution in [0.4, 0.5) is 10.8 Å². The van der Waals surface area contributed by atoms with Crippen LogP contribution in [0.15, 0.2) is 35.2 Å². The first-order chi connectivity index (χ1) is 11.5. The summed E-state index contributed by atoms with van der Waals surface area (Å²) in [6, 6.07) is 6.09. The van der Waals surface area contributed by atoms with Crippen LogP contribution in [0.3, 0.4) is 0 Å². The Morgan fingerprint density at radius 2 is 2.21 bits per heavy atom. The van der Waals surface area contributed by atoms with Gasteiger partial charge in [-0.1, -0.05) is 61.2 Å². The van der Waals surface area contributed by atoms with Gasteiger partial charge in [0.2, 0.25) is 11.0 Å². The van der Waals surface area contributed by atoms with E-state index in [1.165, 1.54) is 23.1 Å². The summed E-state index contributed by atoms with van der Waals surface area (Å²) in [6.07, 6.45) is 1.76. The lowest BCUT2D eigenvalue weighted by atomic mass is 9.98. The Kier molecular flexibility index (Phi) is 6.81. The molecule has 2 aromatic rings. The molecule has 0 aliphatic heterocycles. The van der Waals surface area contributed by atoms with Gasteiger partial charge < -0.3 is 10.6 Å². The molecule has 5 nitrogen and oxygen atoms in total. The summed E-state index contributed by atoms with van der Waals surface area (Å²) in [7, 11) is 0. The van der Waals surface area contributed by atoms with Crippen LogP contribution < -0.4 is 10.6 Å². The van der Waals surface area contributed by atoms with Crippen molar-refractivity contribution in [2.45, 2.75) is 31.0 Å². The van der Waals surface area contributed by atoms with Gasteiger partial charge in [0, 0.05) is 12.2 Å². The van der Waals surface area contributed by atoms with Crippen LogP contribution in [0.2, 0.25) is 0 Å². The lowest BCUT2D eigenvalue weighted by Crippen LogP contribution is -2.16. The van der Waals surface area contributed by atoms with E-state index >= 15 is 0 Å². The molecule has 24 heavy (non-hydrogen) atoms. The van der Waals surface area contributed by atoms with Gasteiger partial charge in [-0.3, -0.25) is 4.79 Å². The Morgan fingerprint density at radius 1 is 1.42 bits per heavy atom. The Morgan fingerprint density at radius 3 is 2.92 bits per heavy atom. The van der Waals surface area contributed by atoms with Crippen molar-refractivity contribution in [1.29, 1.82) is 0 Å². The average Bonchev–Trinajstić information content (AvgIpc) is 3.00. The Bertz CT molecular complexity index is 712. The lowest BCUT2D eigenvalue weighted by molar-refractivity contribution is -0.113. The van der Waals surface area contributed by atoms with Crippen LogP contribution in [-0.4, -0.2) is 28.4 Å². The number of anilines is 2. The highest BCUT2D eigenvalue weighted by atomic mass is 32.2. The van der Waals surface area contributed by atoms with E-state index in [2.05, 4.69) is 47.3 Å². The van der Waals surface area contributed by atoms with E-state index in [0.29, 0.717) is 18.2 Å². The van der Waals surface area contributed by atoms with Crippen LogP contribution in [0.1, 0.15) is 30.9 Å². The van der Waals surface area contributed by atoms with Crippen LogP contribution in [0.25, 0.3) is 0 Å². The Balaban J connectivity index is 1.94. The lowest BCUT2D eigenvalue weighted by Gasteiger charge is -2.16. The molecule has 128 valence electrons. The number of para-hydroxylation sites is 1. The van der Waals surface area contributed by atoms with Crippen LogP contribution in [-0.2, 0) is 4.79 Å². The summed E-state index contributed by atoms with van der Waals surface area (Å²) < 4.78 is 0.769. The number of rotatable bonds is 8. The number of nitrogens with zero attached hydrogens (tertiary/aromatic N) is 2. The summed E-state index contributed by atoms with van der Waals surface area (Å²) in [6.45, 7) is 10.5. The number of aryl methyl sites for hydroxylation is 1. The van der Waals surface area contributed by atoms with Crippen molar-refractivity contribution < 1.29 is 4.79 Å². The van der Waals surface area contributed by atoms with Gasteiger partial charge in [-0.25, -0.2) is 0 Å². The molecular formula is C17H22N4OS2. The maximum Gasteiger partial charge on any atom is 0.234 e. The highest BCUT2D eigenvalue weighted by Crippen LogP contribution is 2.29. The number of amides is 1. The monoisotopic (exact) mass is 362 g/mol. The van der Waals surface area contributed by atoms with Gasteiger partial charge in [0.15, 0.2) is 4.34 Å². The number of aromatic nitrogens is 2. The zero-order valence-corrected chi connectivity index (χ0v) is 15.8. The molecule has 7 heteroatoms. The van der Waals surface area contributed by atoms with E-state index in [9.17, 15) is 4.79 Å². The van der Waals surface area contributed by atoms with Gasteiger partial charge in [0.05, 0.1) is 5.75 Å². The zero-order valence-electron chi connectivity index (χ0n) is 14.1. The number of hydrogen-bond acceptors (Lipinski definition) is 6. The van der Waals surface area contributed by atoms with E-state index in [0.717, 1.165) is 26.3 Å². The van der Waals surface area contributed by atoms with E-state index < -0.39 is 0 Å². The summed E-state index contributed by atoms with van der Waals surface area (Å²) in [5.74, 6) is 0.628. The largest absolute Gasteiger partial charge is 0.357 e. The smallest absolute Gasteiger partial charge is 0.234 e. The van der Waals surface area contributed by atoms with E-state index in [1.54, 1.807) is 6.08 Å². The number of hydrogen-bond donors (Lipinski definition) is 2. The summed E-state index contributed by atoms with van der Waals surface area (Å²) in [4.78, 5) is 12.3. The maximum absolute atomic E-state index is 12.3. The number of carbonyl (C=O) groups is 1. The minimum atomic E-state index is -0.0352. The zero-order chi connectivity index (χ0) is 17.5. The van der Waals surface area contributed by atoms with Gasteiger partial charge in [-0.15, -0.1) is 16.8 Å². The molecule has 0 aliphatic rings. The first-order valence-corrected chi connectivity index (χ1v) is 9.52. The first-order valence-electron chi connectivity index (χ1n) is 7.71. The molecular weight excluding hydrogens is 340 g/mol. The van der Waals surface area contributed by atoms with Crippen molar-refractivity contribution in [2.24, 2.45) is 0 Å². The SMILES string of the molecule is C=CCNc1nnc(SCC(=O)Nc2c(C)cccc2C(C)C)s1. The summed E-state index contributed by atoms with van der Waals surface area (Å²) in [5, 5.41) is 14.9. The van der Waals surface area contributed by atoms with Gasteiger partial charge in [0.1, 0.15) is 0 Å². The average molecular weight is 363 g/mol. The fourth-order valence-corrected chi connectivity index (χ4v) is 3.70. The normalized spacial score (nSPS) is 10.7. The van der Waals surface area contributed by atoms with Gasteiger partial charge in [0.25, 0.3) is 0 Å². The van der Waals surface area contributed by atoms with Crippen LogP contribution in [0.5, 0.6) is 0 Å². The predicted octanol–water partition coefficient (Wildman–Crippen LogP) is 4.30. The van der Waals surface area contributed by atoms with E-state index in [-0.39, 0.29) is 5.91 Å². The van der Waals surface area contributed by atoms with Crippen molar-refractivity contribution in [1.82, 2.24) is 10.2 Å². The standard InChI is InChI=1S/C17H22N4OS2/c1-5-9-18-16-20-21-17(24-16)23-10-14(22)19-15-12(4)7-6-8-13(15)11(2)3/h5-8,11H,1,9-10H2,2-4H3,(H,18,20)(H,19,22). The molecule has 1 aromatic carbocycles. The van der Waals surface area contributed by atoms with Gasteiger partial charge in [-0.05, 0) is 24.0 Å². The molecule has 0 aliphatic carbocycles. The third-order valence-electron chi connectivity index (χ3n) is 3.32. The third kappa shape index (κ3) is 5.07. The van der Waals surface area contributed by atoms with Crippen LogP contribution in [0, 0.1) is 6.92 Å². The van der Waals surface area contributed by atoms with Crippen LogP contribution >= 0.6 is 23.1 Å². The second kappa shape index (κ2) is 8.84. The first kappa shape index (κ1) is 18.5. The molecule has 0 fully saturated rings. The van der Waals surface area contributed by atoms with Crippen molar-refractivity contribution in [3.8, 4) is 0 Å². The third-order valence-corrected chi connectivity index (χ3v) is 5.34. The Hall–Kier alpha value is -1.86. The number of benzene rings is 1. The van der Waals surface area contributed by atoms with Crippen molar-refractivity contribution in [3.63, 3.8) is 0 Å². The van der Waals surface area contributed by atoms with E-state index in [1.807, 2.05) is 19.1 Å². The Labute approximate surface area is 151 Å². The second-order valence-electron chi connectivity index (χ2n) is 5.57. The molecule has 2 rings (SSSR count).